The molecule has 0 aromatic carbocycles. The Hall–Kier alpha value is -0.770. The molecule has 1 heterocycles. The lowest BCUT2D eigenvalue weighted by Gasteiger charge is -2.34. The molecular weight excluding hydrogens is 168 g/mol. The van der Waals surface area contributed by atoms with E-state index >= 15 is 0 Å². The Morgan fingerprint density at radius 1 is 1.54 bits per heavy atom. The van der Waals surface area contributed by atoms with E-state index in [1.165, 1.54) is 0 Å². The van der Waals surface area contributed by atoms with Crippen LogP contribution >= 0.6 is 0 Å². The van der Waals surface area contributed by atoms with Crippen LogP contribution in [0.4, 0.5) is 4.79 Å². The van der Waals surface area contributed by atoms with Crippen LogP contribution in [0.3, 0.4) is 0 Å². The van der Waals surface area contributed by atoms with Crippen LogP contribution in [-0.4, -0.2) is 31.3 Å². The Morgan fingerprint density at radius 3 is 2.69 bits per heavy atom. The first-order chi connectivity index (χ1) is 6.16. The zero-order valence-corrected chi connectivity index (χ0v) is 8.35. The van der Waals surface area contributed by atoms with E-state index in [4.69, 9.17) is 4.74 Å². The second-order valence-electron chi connectivity index (χ2n) is 3.66. The second-order valence-corrected chi connectivity index (χ2v) is 3.66. The number of nitrogens with one attached hydrogen (secondary N) is 2. The average Bonchev–Trinajstić information content (AvgIpc) is 2.04. The van der Waals surface area contributed by atoms with Crippen LogP contribution in [-0.2, 0) is 4.74 Å². The van der Waals surface area contributed by atoms with Crippen LogP contribution in [0.2, 0.25) is 0 Å². The smallest absolute Gasteiger partial charge is 0.407 e. The Morgan fingerprint density at radius 2 is 2.15 bits per heavy atom. The van der Waals surface area contributed by atoms with E-state index in [-0.39, 0.29) is 11.6 Å². The number of piperidine rings is 1. The zero-order chi connectivity index (χ0) is 9.73. The van der Waals surface area contributed by atoms with Crippen molar-refractivity contribution in [2.75, 3.05) is 19.7 Å². The summed E-state index contributed by atoms with van der Waals surface area (Å²) < 4.78 is 4.84. The molecule has 1 aliphatic heterocycles. The number of carbonyl (C=O) groups excluding carboxylic acids is 1. The van der Waals surface area contributed by atoms with Crippen molar-refractivity contribution in [2.45, 2.75) is 32.2 Å². The van der Waals surface area contributed by atoms with Crippen molar-refractivity contribution in [2.24, 2.45) is 0 Å². The highest BCUT2D eigenvalue weighted by Crippen LogP contribution is 2.16. The molecule has 2 N–H and O–H groups in total. The van der Waals surface area contributed by atoms with Crippen LogP contribution in [0.25, 0.3) is 0 Å². The van der Waals surface area contributed by atoms with Crippen LogP contribution in [0.5, 0.6) is 0 Å². The molecule has 1 saturated heterocycles. The summed E-state index contributed by atoms with van der Waals surface area (Å²) in [5.74, 6) is 0. The molecule has 0 bridgehead atoms. The Bertz CT molecular complexity index is 176. The van der Waals surface area contributed by atoms with E-state index in [1.807, 2.05) is 6.92 Å². The fourth-order valence-corrected chi connectivity index (χ4v) is 1.52. The van der Waals surface area contributed by atoms with Crippen LogP contribution in [0, 0.1) is 0 Å². The van der Waals surface area contributed by atoms with E-state index in [9.17, 15) is 4.79 Å². The molecule has 4 heteroatoms. The number of ether oxygens (including phenoxy) is 1. The van der Waals surface area contributed by atoms with Gasteiger partial charge in [0.15, 0.2) is 0 Å². The molecule has 0 aromatic rings. The minimum atomic E-state index is -0.299. The monoisotopic (exact) mass is 186 g/mol. The van der Waals surface area contributed by atoms with Crippen molar-refractivity contribution in [3.05, 3.63) is 0 Å². The molecule has 13 heavy (non-hydrogen) atoms. The number of rotatable bonds is 2. The molecule has 0 aromatic heterocycles. The fourth-order valence-electron chi connectivity index (χ4n) is 1.52. The molecule has 0 unspecified atom stereocenters. The third-order valence-electron chi connectivity index (χ3n) is 2.39. The quantitative estimate of drug-likeness (QED) is 0.673. The molecule has 1 aliphatic rings. The van der Waals surface area contributed by atoms with Crippen molar-refractivity contribution in [3.63, 3.8) is 0 Å². The van der Waals surface area contributed by atoms with Gasteiger partial charge in [0, 0.05) is 5.54 Å². The number of hydrogen-bond donors (Lipinski definition) is 2. The lowest BCUT2D eigenvalue weighted by molar-refractivity contribution is 0.133. The molecule has 0 spiro atoms. The number of carbonyl (C=O) groups is 1. The Labute approximate surface area is 79.0 Å². The molecule has 0 aliphatic carbocycles. The van der Waals surface area contributed by atoms with E-state index in [1.54, 1.807) is 0 Å². The molecule has 76 valence electrons. The molecule has 0 saturated carbocycles. The molecular formula is C9H18N2O2. The van der Waals surface area contributed by atoms with Gasteiger partial charge < -0.3 is 15.4 Å². The third-order valence-corrected chi connectivity index (χ3v) is 2.39. The normalized spacial score (nSPS) is 20.8. The molecule has 4 nitrogen and oxygen atoms in total. The summed E-state index contributed by atoms with van der Waals surface area (Å²) in [6, 6.07) is 0. The van der Waals surface area contributed by atoms with Gasteiger partial charge in [-0.3, -0.25) is 0 Å². The van der Waals surface area contributed by atoms with E-state index < -0.39 is 0 Å². The van der Waals surface area contributed by atoms with Crippen LogP contribution < -0.4 is 10.6 Å². The van der Waals surface area contributed by atoms with Crippen molar-refractivity contribution >= 4 is 6.09 Å². The van der Waals surface area contributed by atoms with Crippen molar-refractivity contribution in [1.29, 1.82) is 0 Å². The average molecular weight is 186 g/mol. The predicted molar refractivity (Wildman–Crippen MR) is 50.7 cm³/mol. The van der Waals surface area contributed by atoms with Gasteiger partial charge in [0.1, 0.15) is 0 Å². The summed E-state index contributed by atoms with van der Waals surface area (Å²) in [6.45, 7) is 6.22. The Balaban J connectivity index is 2.36. The van der Waals surface area contributed by atoms with E-state index in [0.717, 1.165) is 25.9 Å². The van der Waals surface area contributed by atoms with E-state index in [2.05, 4.69) is 17.6 Å². The van der Waals surface area contributed by atoms with Gasteiger partial charge in [0.05, 0.1) is 6.61 Å². The molecule has 1 rings (SSSR count). The number of alkyl carbamates (subject to hydrolysis) is 1. The number of amides is 1. The van der Waals surface area contributed by atoms with Gasteiger partial charge in [0.2, 0.25) is 0 Å². The summed E-state index contributed by atoms with van der Waals surface area (Å²) in [5, 5.41) is 6.15. The molecule has 0 radical (unpaired) electrons. The largest absolute Gasteiger partial charge is 0.450 e. The van der Waals surface area contributed by atoms with Crippen molar-refractivity contribution < 1.29 is 9.53 Å². The van der Waals surface area contributed by atoms with Gasteiger partial charge in [-0.05, 0) is 39.8 Å². The predicted octanol–water partition coefficient (Wildman–Crippen LogP) is 0.875. The highest BCUT2D eigenvalue weighted by molar-refractivity contribution is 5.68. The summed E-state index contributed by atoms with van der Waals surface area (Å²) in [4.78, 5) is 11.2. The fraction of sp³-hybridized carbons (Fsp3) is 0.889. The molecule has 1 fully saturated rings. The van der Waals surface area contributed by atoms with Gasteiger partial charge in [-0.15, -0.1) is 0 Å². The van der Waals surface area contributed by atoms with Gasteiger partial charge in [0.25, 0.3) is 0 Å². The molecule has 1 amide bonds. The van der Waals surface area contributed by atoms with Crippen molar-refractivity contribution in [3.8, 4) is 0 Å². The summed E-state index contributed by atoms with van der Waals surface area (Å²) in [6.07, 6.45) is 1.63. The zero-order valence-electron chi connectivity index (χ0n) is 8.35. The third kappa shape index (κ3) is 3.22. The maximum atomic E-state index is 11.2. The minimum Gasteiger partial charge on any atom is -0.450 e. The lowest BCUT2D eigenvalue weighted by Crippen LogP contribution is -2.52. The van der Waals surface area contributed by atoms with Crippen molar-refractivity contribution in [1.82, 2.24) is 10.6 Å². The first-order valence-corrected chi connectivity index (χ1v) is 4.82. The highest BCUT2D eigenvalue weighted by Gasteiger charge is 2.28. The summed E-state index contributed by atoms with van der Waals surface area (Å²) in [5.41, 5.74) is -0.0858. The lowest BCUT2D eigenvalue weighted by atomic mass is 9.91. The van der Waals surface area contributed by atoms with Gasteiger partial charge in [-0.25, -0.2) is 4.79 Å². The maximum Gasteiger partial charge on any atom is 0.407 e. The second kappa shape index (κ2) is 4.46. The topological polar surface area (TPSA) is 50.4 Å². The standard InChI is InChI=1S/C9H18N2O2/c1-3-13-8(12)11-9(2)4-6-10-7-5-9/h10H,3-7H2,1-2H3,(H,11,12). The first kappa shape index (κ1) is 10.3. The Kier molecular flexibility index (Phi) is 3.54. The molecule has 0 atom stereocenters. The first-order valence-electron chi connectivity index (χ1n) is 4.82. The van der Waals surface area contributed by atoms with Crippen LogP contribution in [0.1, 0.15) is 26.7 Å². The minimum absolute atomic E-state index is 0.0858. The number of hydrogen-bond acceptors (Lipinski definition) is 3. The van der Waals surface area contributed by atoms with Gasteiger partial charge in [-0.2, -0.15) is 0 Å². The van der Waals surface area contributed by atoms with Crippen LogP contribution in [0.15, 0.2) is 0 Å². The highest BCUT2D eigenvalue weighted by atomic mass is 16.5. The SMILES string of the molecule is CCOC(=O)NC1(C)CCNCC1. The summed E-state index contributed by atoms with van der Waals surface area (Å²) in [7, 11) is 0. The summed E-state index contributed by atoms with van der Waals surface area (Å²) >= 11 is 0. The van der Waals surface area contributed by atoms with Gasteiger partial charge >= 0.3 is 6.09 Å². The van der Waals surface area contributed by atoms with E-state index in [0.29, 0.717) is 6.61 Å². The maximum absolute atomic E-state index is 11.2. The van der Waals surface area contributed by atoms with Gasteiger partial charge in [-0.1, -0.05) is 0 Å².